The Hall–Kier alpha value is -1.80. The Morgan fingerprint density at radius 2 is 1.95 bits per heavy atom. The summed E-state index contributed by atoms with van der Waals surface area (Å²) < 4.78 is 0. The second-order valence-electron chi connectivity index (χ2n) is 5.59. The van der Waals surface area contributed by atoms with Crippen LogP contribution in [0, 0.1) is 13.8 Å². The molecule has 1 aliphatic rings. The Morgan fingerprint density at radius 3 is 2.75 bits per heavy atom. The Kier molecular flexibility index (Phi) is 2.61. The van der Waals surface area contributed by atoms with Gasteiger partial charge >= 0.3 is 0 Å². The zero-order valence-corrected chi connectivity index (χ0v) is 12.6. The maximum Gasteiger partial charge on any atom is 0.0566 e. The standard InChI is InChI=1S/C18H17NS/c1-11-9-16(12(2)20-11)17-10-14-8-7-13-5-3-4-6-15(13)18(14)19-17/h3-9,17,19H,10H2,1-2H3. The van der Waals surface area contributed by atoms with Gasteiger partial charge in [0.05, 0.1) is 6.04 Å². The van der Waals surface area contributed by atoms with E-state index in [1.807, 2.05) is 11.3 Å². The summed E-state index contributed by atoms with van der Waals surface area (Å²) in [5.74, 6) is 0. The van der Waals surface area contributed by atoms with Crippen LogP contribution >= 0.6 is 11.3 Å². The largest absolute Gasteiger partial charge is 0.377 e. The molecule has 0 amide bonds. The van der Waals surface area contributed by atoms with Crippen LogP contribution in [0.1, 0.15) is 26.9 Å². The summed E-state index contributed by atoms with van der Waals surface area (Å²) in [7, 11) is 0. The average molecular weight is 279 g/mol. The number of nitrogens with one attached hydrogen (secondary N) is 1. The summed E-state index contributed by atoms with van der Waals surface area (Å²) >= 11 is 1.90. The van der Waals surface area contributed by atoms with Crippen molar-refractivity contribution >= 4 is 27.8 Å². The van der Waals surface area contributed by atoms with E-state index in [1.165, 1.54) is 37.3 Å². The van der Waals surface area contributed by atoms with E-state index in [2.05, 4.69) is 61.6 Å². The molecular formula is C18H17NS. The van der Waals surface area contributed by atoms with Gasteiger partial charge < -0.3 is 5.32 Å². The molecule has 0 saturated carbocycles. The van der Waals surface area contributed by atoms with Crippen molar-refractivity contribution in [2.75, 3.05) is 5.32 Å². The van der Waals surface area contributed by atoms with Crippen molar-refractivity contribution in [1.29, 1.82) is 0 Å². The minimum absolute atomic E-state index is 0.431. The number of aryl methyl sites for hydroxylation is 2. The Morgan fingerprint density at radius 1 is 1.10 bits per heavy atom. The maximum absolute atomic E-state index is 3.75. The molecular weight excluding hydrogens is 262 g/mol. The summed E-state index contributed by atoms with van der Waals surface area (Å²) in [6, 6.07) is 15.9. The van der Waals surface area contributed by atoms with Gasteiger partial charge in [-0.2, -0.15) is 0 Å². The van der Waals surface area contributed by atoms with Gasteiger partial charge in [-0.05, 0) is 42.8 Å². The van der Waals surface area contributed by atoms with E-state index in [1.54, 1.807) is 0 Å². The minimum atomic E-state index is 0.431. The number of hydrogen-bond acceptors (Lipinski definition) is 2. The second-order valence-corrected chi connectivity index (χ2v) is 7.05. The number of thiophene rings is 1. The topological polar surface area (TPSA) is 12.0 Å². The fourth-order valence-electron chi connectivity index (χ4n) is 3.29. The molecule has 1 N–H and O–H groups in total. The van der Waals surface area contributed by atoms with Gasteiger partial charge in [0.1, 0.15) is 0 Å². The lowest BCUT2D eigenvalue weighted by Gasteiger charge is -2.11. The molecule has 0 aliphatic carbocycles. The molecule has 1 aromatic heterocycles. The van der Waals surface area contributed by atoms with Crippen molar-refractivity contribution < 1.29 is 0 Å². The van der Waals surface area contributed by atoms with E-state index in [4.69, 9.17) is 0 Å². The van der Waals surface area contributed by atoms with Gasteiger partial charge in [-0.3, -0.25) is 0 Å². The second kappa shape index (κ2) is 4.35. The van der Waals surface area contributed by atoms with Crippen LogP contribution in [-0.2, 0) is 6.42 Å². The molecule has 1 unspecified atom stereocenters. The normalized spacial score (nSPS) is 17.2. The molecule has 0 radical (unpaired) electrons. The van der Waals surface area contributed by atoms with Crippen LogP contribution in [0.15, 0.2) is 42.5 Å². The van der Waals surface area contributed by atoms with Gasteiger partial charge in [-0.15, -0.1) is 11.3 Å². The van der Waals surface area contributed by atoms with E-state index in [0.717, 1.165) is 6.42 Å². The zero-order valence-electron chi connectivity index (χ0n) is 11.7. The lowest BCUT2D eigenvalue weighted by molar-refractivity contribution is 0.822. The molecule has 0 bridgehead atoms. The van der Waals surface area contributed by atoms with Gasteiger partial charge in [0.2, 0.25) is 0 Å². The monoisotopic (exact) mass is 279 g/mol. The number of hydrogen-bond donors (Lipinski definition) is 1. The molecule has 2 heterocycles. The van der Waals surface area contributed by atoms with Gasteiger partial charge in [0, 0.05) is 20.8 Å². The van der Waals surface area contributed by atoms with Gasteiger partial charge in [0.15, 0.2) is 0 Å². The number of rotatable bonds is 1. The van der Waals surface area contributed by atoms with Crippen LogP contribution in [0.25, 0.3) is 10.8 Å². The predicted molar refractivity (Wildman–Crippen MR) is 87.8 cm³/mol. The van der Waals surface area contributed by atoms with Crippen LogP contribution in [0.3, 0.4) is 0 Å². The Balaban J connectivity index is 1.80. The van der Waals surface area contributed by atoms with E-state index < -0.39 is 0 Å². The number of benzene rings is 2. The zero-order chi connectivity index (χ0) is 13.7. The summed E-state index contributed by atoms with van der Waals surface area (Å²) in [5, 5.41) is 6.42. The molecule has 1 nitrogen and oxygen atoms in total. The molecule has 1 aliphatic heterocycles. The first kappa shape index (κ1) is 12.0. The van der Waals surface area contributed by atoms with E-state index >= 15 is 0 Å². The summed E-state index contributed by atoms with van der Waals surface area (Å²) in [6.45, 7) is 4.43. The molecule has 0 fully saturated rings. The first-order chi connectivity index (χ1) is 9.72. The maximum atomic E-state index is 3.75. The third-order valence-corrected chi connectivity index (χ3v) is 5.19. The molecule has 2 heteroatoms. The third kappa shape index (κ3) is 1.75. The molecule has 0 saturated heterocycles. The lowest BCUT2D eigenvalue weighted by Crippen LogP contribution is -2.05. The Bertz CT molecular complexity index is 800. The van der Waals surface area contributed by atoms with Crippen molar-refractivity contribution in [2.24, 2.45) is 0 Å². The predicted octanol–water partition coefficient (Wildman–Crippen LogP) is 5.23. The molecule has 100 valence electrons. The van der Waals surface area contributed by atoms with Gasteiger partial charge in [0.25, 0.3) is 0 Å². The average Bonchev–Trinajstić information content (AvgIpc) is 3.01. The van der Waals surface area contributed by atoms with Crippen molar-refractivity contribution in [2.45, 2.75) is 26.3 Å². The first-order valence-corrected chi connectivity index (χ1v) is 7.88. The van der Waals surface area contributed by atoms with Crippen LogP contribution < -0.4 is 5.32 Å². The number of anilines is 1. The molecule has 4 rings (SSSR count). The highest BCUT2D eigenvalue weighted by Gasteiger charge is 2.25. The Labute approximate surface area is 123 Å². The summed E-state index contributed by atoms with van der Waals surface area (Å²) in [4.78, 5) is 2.84. The SMILES string of the molecule is Cc1cc(C2Cc3ccc4ccccc4c3N2)c(C)s1. The van der Waals surface area contributed by atoms with Crippen molar-refractivity contribution in [3.8, 4) is 0 Å². The van der Waals surface area contributed by atoms with E-state index in [0.29, 0.717) is 6.04 Å². The fraction of sp³-hybridized carbons (Fsp3) is 0.222. The van der Waals surface area contributed by atoms with Gasteiger partial charge in [-0.25, -0.2) is 0 Å². The van der Waals surface area contributed by atoms with Crippen LogP contribution in [-0.4, -0.2) is 0 Å². The van der Waals surface area contributed by atoms with E-state index in [9.17, 15) is 0 Å². The van der Waals surface area contributed by atoms with Crippen molar-refractivity contribution in [1.82, 2.24) is 0 Å². The molecule has 3 aromatic rings. The van der Waals surface area contributed by atoms with Crippen LogP contribution in [0.2, 0.25) is 0 Å². The molecule has 2 aromatic carbocycles. The number of fused-ring (bicyclic) bond motifs is 3. The van der Waals surface area contributed by atoms with Crippen LogP contribution in [0.5, 0.6) is 0 Å². The molecule has 0 spiro atoms. The summed E-state index contributed by atoms with van der Waals surface area (Å²) in [5.41, 5.74) is 4.24. The smallest absolute Gasteiger partial charge is 0.0566 e. The molecule has 20 heavy (non-hydrogen) atoms. The van der Waals surface area contributed by atoms with Crippen molar-refractivity contribution in [3.63, 3.8) is 0 Å². The van der Waals surface area contributed by atoms with Crippen molar-refractivity contribution in [3.05, 3.63) is 63.3 Å². The highest BCUT2D eigenvalue weighted by Crippen LogP contribution is 2.41. The summed E-state index contributed by atoms with van der Waals surface area (Å²) in [6.07, 6.45) is 1.09. The highest BCUT2D eigenvalue weighted by atomic mass is 32.1. The third-order valence-electron chi connectivity index (χ3n) is 4.21. The lowest BCUT2D eigenvalue weighted by atomic mass is 10.0. The first-order valence-electron chi connectivity index (χ1n) is 7.06. The molecule has 1 atom stereocenters. The van der Waals surface area contributed by atoms with Crippen LogP contribution in [0.4, 0.5) is 5.69 Å². The minimum Gasteiger partial charge on any atom is -0.377 e. The van der Waals surface area contributed by atoms with E-state index in [-0.39, 0.29) is 0 Å². The fourth-order valence-corrected chi connectivity index (χ4v) is 4.27. The van der Waals surface area contributed by atoms with Gasteiger partial charge in [-0.1, -0.05) is 36.4 Å². The highest BCUT2D eigenvalue weighted by molar-refractivity contribution is 7.12. The quantitative estimate of drug-likeness (QED) is 0.643.